The van der Waals surface area contributed by atoms with E-state index in [9.17, 15) is 4.79 Å². The van der Waals surface area contributed by atoms with E-state index in [1.165, 1.54) is 34.5 Å². The van der Waals surface area contributed by atoms with E-state index in [1.54, 1.807) is 12.1 Å². The van der Waals surface area contributed by atoms with Gasteiger partial charge >= 0.3 is 5.97 Å². The Balaban J connectivity index is 0.000000345. The third kappa shape index (κ3) is 7.41. The van der Waals surface area contributed by atoms with Gasteiger partial charge in [-0.2, -0.15) is 0 Å². The van der Waals surface area contributed by atoms with Crippen LogP contribution in [0, 0.1) is 19.9 Å². The van der Waals surface area contributed by atoms with Crippen LogP contribution in [0.3, 0.4) is 0 Å². The van der Waals surface area contributed by atoms with Crippen LogP contribution < -0.4 is 0 Å². The van der Waals surface area contributed by atoms with Crippen LogP contribution in [-0.2, 0) is 25.5 Å². The molecule has 0 amide bonds. The number of carbonyl (C=O) groups is 1. The normalized spacial score (nSPS) is 10.5. The molecule has 1 radical (unpaired) electrons. The van der Waals surface area contributed by atoms with Crippen molar-refractivity contribution < 1.29 is 30.0 Å². The molecule has 0 atom stereocenters. The molecule has 4 aromatic rings. The fourth-order valence-corrected chi connectivity index (χ4v) is 3.26. The van der Waals surface area contributed by atoms with Crippen molar-refractivity contribution in [2.45, 2.75) is 40.0 Å². The van der Waals surface area contributed by atoms with Gasteiger partial charge in [0.05, 0.1) is 5.82 Å². The third-order valence-corrected chi connectivity index (χ3v) is 5.00. The number of nitrogens with zero attached hydrogens (tertiary/aromatic N) is 3. The van der Waals surface area contributed by atoms with Crippen molar-refractivity contribution in [2.24, 2.45) is 0 Å². The second kappa shape index (κ2) is 11.8. The van der Waals surface area contributed by atoms with E-state index in [4.69, 9.17) is 5.11 Å². The Labute approximate surface area is 214 Å². The molecule has 0 spiro atoms. The first kappa shape index (κ1) is 27.0. The number of pyridine rings is 1. The van der Waals surface area contributed by atoms with Gasteiger partial charge in [0, 0.05) is 38.7 Å². The maximum atomic E-state index is 10.1. The van der Waals surface area contributed by atoms with Crippen LogP contribution in [0.4, 0.5) is 0 Å². The van der Waals surface area contributed by atoms with Gasteiger partial charge in [-0.05, 0) is 42.5 Å². The van der Waals surface area contributed by atoms with Crippen LogP contribution in [0.25, 0.3) is 22.5 Å². The molecule has 0 aliphatic carbocycles. The Morgan fingerprint density at radius 2 is 1.53 bits per heavy atom. The summed E-state index contributed by atoms with van der Waals surface area (Å²) < 4.78 is 0. The van der Waals surface area contributed by atoms with Crippen molar-refractivity contribution >= 4 is 5.97 Å². The van der Waals surface area contributed by atoms with Crippen LogP contribution >= 0.6 is 0 Å². The minimum Gasteiger partial charge on any atom is -0.477 e. The second-order valence-corrected chi connectivity index (χ2v) is 8.93. The molecule has 0 fully saturated rings. The molecule has 0 aliphatic heterocycles. The molecule has 4 rings (SSSR count). The SMILES string of the molecule is Cc1cc(C)cc(-c2cc[c-]c(-c3ncc(C(C)(C)C)cn3)c2)c1.O=C(O)c1ccccn1.[Ir]. The number of carboxylic acid groups (broad SMARTS) is 1. The molecule has 0 saturated heterocycles. The summed E-state index contributed by atoms with van der Waals surface area (Å²) in [5.41, 5.74) is 7.12. The van der Waals surface area contributed by atoms with Gasteiger partial charge in [0.2, 0.25) is 0 Å². The molecule has 0 bridgehead atoms. The third-order valence-electron chi connectivity index (χ3n) is 5.00. The molecule has 2 aromatic carbocycles. The molecular weight excluding hydrogens is 603 g/mol. The Hall–Kier alpha value is -3.21. The van der Waals surface area contributed by atoms with Crippen LogP contribution in [-0.4, -0.2) is 26.0 Å². The minimum absolute atomic E-state index is 0. The van der Waals surface area contributed by atoms with Gasteiger partial charge in [0.25, 0.3) is 0 Å². The number of carboxylic acids is 1. The maximum Gasteiger partial charge on any atom is 0.354 e. The van der Waals surface area contributed by atoms with Crippen LogP contribution in [0.2, 0.25) is 0 Å². The average molecular weight is 631 g/mol. The molecule has 2 heterocycles. The molecule has 2 aromatic heterocycles. The minimum atomic E-state index is -0.990. The number of hydrogen-bond donors (Lipinski definition) is 1. The predicted octanol–water partition coefficient (Wildman–Crippen LogP) is 6.30. The van der Waals surface area contributed by atoms with Gasteiger partial charge in [-0.1, -0.05) is 56.2 Å². The number of aryl methyl sites for hydroxylation is 2. The van der Waals surface area contributed by atoms with Gasteiger partial charge in [0.15, 0.2) is 0 Å². The van der Waals surface area contributed by atoms with Gasteiger partial charge in [0.1, 0.15) is 5.69 Å². The van der Waals surface area contributed by atoms with Crippen molar-refractivity contribution in [1.82, 2.24) is 15.0 Å². The average Bonchev–Trinajstić information content (AvgIpc) is 2.79. The Bertz CT molecular complexity index is 1210. The zero-order valence-electron chi connectivity index (χ0n) is 20.0. The van der Waals surface area contributed by atoms with Crippen LogP contribution in [0.5, 0.6) is 0 Å². The second-order valence-electron chi connectivity index (χ2n) is 8.93. The Kier molecular flexibility index (Phi) is 9.36. The Morgan fingerprint density at radius 3 is 2.03 bits per heavy atom. The summed E-state index contributed by atoms with van der Waals surface area (Å²) in [6, 6.07) is 20.8. The number of aromatic nitrogens is 3. The van der Waals surface area contributed by atoms with E-state index in [2.05, 4.69) is 86.0 Å². The summed E-state index contributed by atoms with van der Waals surface area (Å²) >= 11 is 0. The summed E-state index contributed by atoms with van der Waals surface area (Å²) in [6.07, 6.45) is 5.28. The molecular formula is C28H28IrN3O2-. The van der Waals surface area contributed by atoms with E-state index < -0.39 is 5.97 Å². The van der Waals surface area contributed by atoms with Crippen molar-refractivity contribution in [3.05, 3.63) is 102 Å². The van der Waals surface area contributed by atoms with Crippen molar-refractivity contribution in [3.63, 3.8) is 0 Å². The number of hydrogen-bond acceptors (Lipinski definition) is 4. The summed E-state index contributed by atoms with van der Waals surface area (Å²) in [5.74, 6) is -0.273. The molecule has 34 heavy (non-hydrogen) atoms. The van der Waals surface area contributed by atoms with Crippen molar-refractivity contribution in [3.8, 4) is 22.5 Å². The summed E-state index contributed by atoms with van der Waals surface area (Å²) in [5, 5.41) is 8.32. The van der Waals surface area contributed by atoms with Gasteiger partial charge in [-0.15, -0.1) is 35.4 Å². The maximum absolute atomic E-state index is 10.1. The standard InChI is InChI=1S/C22H23N2.C6H5NO2.Ir/c1-15-9-16(2)11-19(10-15)17-7-6-8-18(12-17)21-23-13-20(14-24-21)22(3,4)5;8-6(9)5-3-1-2-4-7-5;/h6-7,9-14H,1-5H3;1-4H,(H,8,9);/q-1;;. The monoisotopic (exact) mass is 631 g/mol. The largest absolute Gasteiger partial charge is 0.477 e. The molecule has 0 unspecified atom stereocenters. The summed E-state index contributed by atoms with van der Waals surface area (Å²) in [4.78, 5) is 22.8. The van der Waals surface area contributed by atoms with Crippen LogP contribution in [0.1, 0.15) is 48.0 Å². The predicted molar refractivity (Wildman–Crippen MR) is 131 cm³/mol. The molecule has 0 saturated carbocycles. The van der Waals surface area contributed by atoms with Crippen molar-refractivity contribution in [1.29, 1.82) is 0 Å². The quantitative estimate of drug-likeness (QED) is 0.269. The fourth-order valence-electron chi connectivity index (χ4n) is 3.26. The number of benzene rings is 2. The zero-order valence-corrected chi connectivity index (χ0v) is 22.4. The van der Waals surface area contributed by atoms with Gasteiger partial charge in [-0.25, -0.2) is 9.78 Å². The van der Waals surface area contributed by atoms with E-state index in [1.807, 2.05) is 18.5 Å². The van der Waals surface area contributed by atoms with E-state index >= 15 is 0 Å². The first-order valence-corrected chi connectivity index (χ1v) is 10.7. The topological polar surface area (TPSA) is 76.0 Å². The van der Waals surface area contributed by atoms with Crippen molar-refractivity contribution in [2.75, 3.05) is 0 Å². The zero-order chi connectivity index (χ0) is 24.0. The fraction of sp³-hybridized carbons (Fsp3) is 0.214. The first-order chi connectivity index (χ1) is 15.6. The molecule has 0 aliphatic rings. The van der Waals surface area contributed by atoms with E-state index in [0.29, 0.717) is 5.82 Å². The van der Waals surface area contributed by atoms with E-state index in [0.717, 1.165) is 11.1 Å². The van der Waals surface area contributed by atoms with E-state index in [-0.39, 0.29) is 31.2 Å². The van der Waals surface area contributed by atoms with Crippen LogP contribution in [0.15, 0.2) is 73.2 Å². The number of aromatic carboxylic acids is 1. The van der Waals surface area contributed by atoms with Gasteiger partial charge < -0.3 is 5.11 Å². The molecule has 177 valence electrons. The molecule has 6 heteroatoms. The Morgan fingerprint density at radius 1 is 0.882 bits per heavy atom. The summed E-state index contributed by atoms with van der Waals surface area (Å²) in [7, 11) is 0. The number of rotatable bonds is 3. The first-order valence-electron chi connectivity index (χ1n) is 10.7. The smallest absolute Gasteiger partial charge is 0.354 e. The molecule has 5 nitrogen and oxygen atoms in total. The summed E-state index contributed by atoms with van der Waals surface area (Å²) in [6.45, 7) is 10.7. The van der Waals surface area contributed by atoms with Gasteiger partial charge in [-0.3, -0.25) is 9.97 Å². The molecule has 1 N–H and O–H groups in total.